The van der Waals surface area contributed by atoms with E-state index in [1.165, 1.54) is 11.3 Å². The van der Waals surface area contributed by atoms with E-state index in [9.17, 15) is 4.79 Å². The lowest BCUT2D eigenvalue weighted by atomic mass is 10.3. The molecule has 2 aromatic rings. The van der Waals surface area contributed by atoms with E-state index in [1.807, 2.05) is 23.6 Å². The third-order valence-corrected chi connectivity index (χ3v) is 3.37. The van der Waals surface area contributed by atoms with Crippen LogP contribution >= 0.6 is 11.3 Å². The zero-order valence-corrected chi connectivity index (χ0v) is 11.4. The molecule has 0 radical (unpaired) electrons. The van der Waals surface area contributed by atoms with Crippen LogP contribution in [0.25, 0.3) is 10.7 Å². The number of carbonyl (C=O) groups is 1. The van der Waals surface area contributed by atoms with Gasteiger partial charge in [-0.05, 0) is 19.1 Å². The number of nitrogens with zero attached hydrogens (tertiary/aromatic N) is 2. The minimum absolute atomic E-state index is 0.0675. The fraction of sp³-hybridized carbons (Fsp3) is 0.308. The molecule has 1 unspecified atom stereocenters. The van der Waals surface area contributed by atoms with Crippen molar-refractivity contribution in [3.63, 3.8) is 0 Å². The van der Waals surface area contributed by atoms with Crippen molar-refractivity contribution in [2.24, 2.45) is 0 Å². The second kappa shape index (κ2) is 6.40. The highest BCUT2D eigenvalue weighted by atomic mass is 32.1. The monoisotopic (exact) mass is 277 g/mol. The molecule has 6 heteroatoms. The number of thiazole rings is 1. The van der Waals surface area contributed by atoms with Crippen LogP contribution in [0.5, 0.6) is 0 Å². The van der Waals surface area contributed by atoms with Gasteiger partial charge in [0, 0.05) is 17.6 Å². The van der Waals surface area contributed by atoms with Crippen LogP contribution in [0.4, 0.5) is 0 Å². The third kappa shape index (κ3) is 3.84. The zero-order chi connectivity index (χ0) is 13.7. The number of aromatic nitrogens is 2. The molecule has 5 nitrogen and oxygen atoms in total. The van der Waals surface area contributed by atoms with Crippen molar-refractivity contribution in [2.45, 2.75) is 19.4 Å². The molecule has 0 aliphatic carbocycles. The summed E-state index contributed by atoms with van der Waals surface area (Å²) in [7, 11) is 0. The first-order valence-corrected chi connectivity index (χ1v) is 6.83. The number of nitrogens with one attached hydrogen (secondary N) is 1. The lowest BCUT2D eigenvalue weighted by Crippen LogP contribution is -2.36. The fourth-order valence-corrected chi connectivity index (χ4v) is 2.33. The van der Waals surface area contributed by atoms with E-state index < -0.39 is 0 Å². The van der Waals surface area contributed by atoms with E-state index in [0.29, 0.717) is 5.69 Å². The zero-order valence-electron chi connectivity index (χ0n) is 10.5. The molecule has 0 bridgehead atoms. The maximum atomic E-state index is 11.7. The highest BCUT2D eigenvalue weighted by Crippen LogP contribution is 2.21. The van der Waals surface area contributed by atoms with E-state index in [0.717, 1.165) is 10.7 Å². The number of carbonyl (C=O) groups excluding carboxylic acids is 1. The Morgan fingerprint density at radius 2 is 2.37 bits per heavy atom. The maximum Gasteiger partial charge on any atom is 0.226 e. The minimum Gasteiger partial charge on any atom is -0.394 e. The summed E-state index contributed by atoms with van der Waals surface area (Å²) in [6.45, 7) is 1.68. The van der Waals surface area contributed by atoms with Crippen molar-refractivity contribution >= 4 is 17.2 Å². The summed E-state index contributed by atoms with van der Waals surface area (Å²) in [5, 5.41) is 14.2. The Bertz CT molecular complexity index is 542. The van der Waals surface area contributed by atoms with E-state index in [2.05, 4.69) is 15.3 Å². The van der Waals surface area contributed by atoms with Crippen LogP contribution in [0.15, 0.2) is 29.8 Å². The summed E-state index contributed by atoms with van der Waals surface area (Å²) in [5.41, 5.74) is 1.52. The number of aliphatic hydroxyl groups excluding tert-OH is 1. The van der Waals surface area contributed by atoms with Crippen LogP contribution in [-0.4, -0.2) is 33.6 Å². The summed E-state index contributed by atoms with van der Waals surface area (Å²) >= 11 is 1.47. The molecular weight excluding hydrogens is 262 g/mol. The van der Waals surface area contributed by atoms with Crippen molar-refractivity contribution in [3.8, 4) is 10.7 Å². The van der Waals surface area contributed by atoms with Gasteiger partial charge in [-0.15, -0.1) is 11.3 Å². The number of rotatable bonds is 5. The molecule has 19 heavy (non-hydrogen) atoms. The molecule has 0 aromatic carbocycles. The van der Waals surface area contributed by atoms with Gasteiger partial charge in [0.15, 0.2) is 0 Å². The number of hydrogen-bond acceptors (Lipinski definition) is 5. The molecule has 0 spiro atoms. The number of amides is 1. The Hall–Kier alpha value is -1.79. The predicted octanol–water partition coefficient (Wildman–Crippen LogP) is 1.24. The van der Waals surface area contributed by atoms with E-state index in [4.69, 9.17) is 5.11 Å². The van der Waals surface area contributed by atoms with Crippen LogP contribution in [0.2, 0.25) is 0 Å². The normalized spacial score (nSPS) is 12.1. The van der Waals surface area contributed by atoms with Crippen molar-refractivity contribution < 1.29 is 9.90 Å². The van der Waals surface area contributed by atoms with Crippen LogP contribution in [-0.2, 0) is 11.2 Å². The Kier molecular flexibility index (Phi) is 4.59. The second-order valence-electron chi connectivity index (χ2n) is 4.19. The average Bonchev–Trinajstić information content (AvgIpc) is 2.88. The first kappa shape index (κ1) is 13.6. The van der Waals surface area contributed by atoms with Gasteiger partial charge in [0.05, 0.1) is 24.4 Å². The lowest BCUT2D eigenvalue weighted by Gasteiger charge is -2.09. The van der Waals surface area contributed by atoms with Gasteiger partial charge in [-0.3, -0.25) is 9.78 Å². The highest BCUT2D eigenvalue weighted by Gasteiger charge is 2.11. The molecule has 1 atom stereocenters. The van der Waals surface area contributed by atoms with Crippen LogP contribution in [0.3, 0.4) is 0 Å². The van der Waals surface area contributed by atoms with Gasteiger partial charge in [0.25, 0.3) is 0 Å². The summed E-state index contributed by atoms with van der Waals surface area (Å²) in [6, 6.07) is 5.40. The molecule has 0 aliphatic heterocycles. The smallest absolute Gasteiger partial charge is 0.226 e. The van der Waals surface area contributed by atoms with Gasteiger partial charge in [-0.1, -0.05) is 6.07 Å². The Morgan fingerprint density at radius 1 is 1.53 bits per heavy atom. The molecule has 0 fully saturated rings. The van der Waals surface area contributed by atoms with E-state index in [-0.39, 0.29) is 25.0 Å². The second-order valence-corrected chi connectivity index (χ2v) is 5.04. The van der Waals surface area contributed by atoms with Gasteiger partial charge in [0.2, 0.25) is 5.91 Å². The minimum atomic E-state index is -0.235. The molecule has 2 rings (SSSR count). The Labute approximate surface area is 115 Å². The van der Waals surface area contributed by atoms with Crippen LogP contribution in [0, 0.1) is 0 Å². The van der Waals surface area contributed by atoms with Crippen molar-refractivity contribution in [1.29, 1.82) is 0 Å². The Morgan fingerprint density at radius 3 is 3.05 bits per heavy atom. The molecule has 2 N–H and O–H groups in total. The maximum absolute atomic E-state index is 11.7. The standard InChI is InChI=1S/C13H15N3O2S/c1-9(7-17)15-12(18)6-10-8-19-13(16-10)11-4-2-3-5-14-11/h2-5,8-9,17H,6-7H2,1H3,(H,15,18). The predicted molar refractivity (Wildman–Crippen MR) is 73.7 cm³/mol. The summed E-state index contributed by atoms with van der Waals surface area (Å²) in [5.74, 6) is -0.139. The SMILES string of the molecule is CC(CO)NC(=O)Cc1csc(-c2ccccn2)n1. The average molecular weight is 277 g/mol. The number of hydrogen-bond donors (Lipinski definition) is 2. The fourth-order valence-electron chi connectivity index (χ4n) is 1.53. The summed E-state index contributed by atoms with van der Waals surface area (Å²) in [4.78, 5) is 20.3. The quantitative estimate of drug-likeness (QED) is 0.862. The van der Waals surface area contributed by atoms with Gasteiger partial charge in [0.1, 0.15) is 5.01 Å². The highest BCUT2D eigenvalue weighted by molar-refractivity contribution is 7.13. The molecule has 0 saturated heterocycles. The molecule has 2 aromatic heterocycles. The Balaban J connectivity index is 2.00. The van der Waals surface area contributed by atoms with E-state index >= 15 is 0 Å². The van der Waals surface area contributed by atoms with Gasteiger partial charge < -0.3 is 10.4 Å². The number of aliphatic hydroxyl groups is 1. The topological polar surface area (TPSA) is 75.1 Å². The molecule has 1 amide bonds. The largest absolute Gasteiger partial charge is 0.394 e. The lowest BCUT2D eigenvalue weighted by molar-refractivity contribution is -0.121. The first-order valence-electron chi connectivity index (χ1n) is 5.95. The summed E-state index contributed by atoms with van der Waals surface area (Å²) in [6.07, 6.45) is 1.93. The van der Waals surface area contributed by atoms with Crippen molar-refractivity contribution in [2.75, 3.05) is 6.61 Å². The van der Waals surface area contributed by atoms with E-state index in [1.54, 1.807) is 13.1 Å². The molecule has 0 saturated carbocycles. The van der Waals surface area contributed by atoms with Crippen LogP contribution < -0.4 is 5.32 Å². The number of pyridine rings is 1. The van der Waals surface area contributed by atoms with Gasteiger partial charge >= 0.3 is 0 Å². The molecule has 100 valence electrons. The van der Waals surface area contributed by atoms with Gasteiger partial charge in [-0.25, -0.2) is 4.98 Å². The van der Waals surface area contributed by atoms with Crippen molar-refractivity contribution in [1.82, 2.24) is 15.3 Å². The van der Waals surface area contributed by atoms with Crippen molar-refractivity contribution in [3.05, 3.63) is 35.5 Å². The first-order chi connectivity index (χ1) is 9.19. The molecule has 2 heterocycles. The molecule has 0 aliphatic rings. The molecular formula is C13H15N3O2S. The van der Waals surface area contributed by atoms with Gasteiger partial charge in [-0.2, -0.15) is 0 Å². The summed E-state index contributed by atoms with van der Waals surface area (Å²) < 4.78 is 0. The third-order valence-electron chi connectivity index (χ3n) is 2.46. The van der Waals surface area contributed by atoms with Crippen LogP contribution in [0.1, 0.15) is 12.6 Å².